The molecule has 0 aromatic carbocycles. The lowest BCUT2D eigenvalue weighted by Gasteiger charge is -2.33. The van der Waals surface area contributed by atoms with Crippen molar-refractivity contribution >= 4 is 11.9 Å². The number of amides is 1. The number of anilines is 1. The fourth-order valence-corrected chi connectivity index (χ4v) is 1.67. The highest BCUT2D eigenvalue weighted by molar-refractivity contribution is 5.65. The Morgan fingerprint density at radius 1 is 1.31 bits per heavy atom. The second kappa shape index (κ2) is 4.21. The molecule has 1 saturated heterocycles. The van der Waals surface area contributed by atoms with Gasteiger partial charge in [-0.15, -0.1) is 0 Å². The van der Waals surface area contributed by atoms with E-state index in [9.17, 15) is 9.90 Å². The number of rotatable bonds is 1. The lowest BCUT2D eigenvalue weighted by molar-refractivity contribution is 0.142. The Kier molecular flexibility index (Phi) is 2.76. The zero-order valence-corrected chi connectivity index (χ0v) is 8.57. The molecule has 1 aromatic rings. The van der Waals surface area contributed by atoms with E-state index in [1.54, 1.807) is 0 Å². The maximum absolute atomic E-state index is 10.7. The molecule has 1 aromatic heterocycles. The first-order valence-electron chi connectivity index (χ1n) is 4.90. The predicted molar refractivity (Wildman–Crippen MR) is 55.5 cm³/mol. The molecule has 1 aliphatic heterocycles. The van der Waals surface area contributed by atoms with Gasteiger partial charge in [-0.3, -0.25) is 0 Å². The molecular formula is C9H12N4O3. The van der Waals surface area contributed by atoms with Crippen molar-refractivity contribution < 1.29 is 15.0 Å². The van der Waals surface area contributed by atoms with E-state index in [0.717, 1.165) is 0 Å². The van der Waals surface area contributed by atoms with Crippen molar-refractivity contribution in [1.29, 1.82) is 0 Å². The van der Waals surface area contributed by atoms with Crippen molar-refractivity contribution in [2.24, 2.45) is 0 Å². The first-order valence-corrected chi connectivity index (χ1v) is 4.90. The van der Waals surface area contributed by atoms with E-state index in [2.05, 4.69) is 9.97 Å². The lowest BCUT2D eigenvalue weighted by atomic mass is 10.3. The first kappa shape index (κ1) is 10.5. The molecule has 0 aliphatic carbocycles. The highest BCUT2D eigenvalue weighted by Gasteiger charge is 2.22. The Balaban J connectivity index is 2.05. The zero-order valence-electron chi connectivity index (χ0n) is 8.57. The van der Waals surface area contributed by atoms with Gasteiger partial charge in [0.15, 0.2) is 11.6 Å². The number of carboxylic acid groups (broad SMARTS) is 1. The number of aromatic hydroxyl groups is 1. The number of carbonyl (C=O) groups is 1. The van der Waals surface area contributed by atoms with E-state index in [1.807, 2.05) is 4.90 Å². The van der Waals surface area contributed by atoms with Crippen LogP contribution in [0.25, 0.3) is 0 Å². The quantitative estimate of drug-likeness (QED) is 0.697. The van der Waals surface area contributed by atoms with Gasteiger partial charge in [-0.2, -0.15) is 0 Å². The minimum Gasteiger partial charge on any atom is -0.503 e. The van der Waals surface area contributed by atoms with Crippen LogP contribution in [0.4, 0.5) is 10.6 Å². The molecule has 0 radical (unpaired) electrons. The van der Waals surface area contributed by atoms with Crippen molar-refractivity contribution in [3.05, 3.63) is 12.5 Å². The molecule has 0 atom stereocenters. The molecule has 0 spiro atoms. The molecule has 1 aliphatic rings. The fourth-order valence-electron chi connectivity index (χ4n) is 1.67. The first-order chi connectivity index (χ1) is 7.68. The number of piperazine rings is 1. The molecule has 16 heavy (non-hydrogen) atoms. The van der Waals surface area contributed by atoms with Gasteiger partial charge >= 0.3 is 6.09 Å². The van der Waals surface area contributed by atoms with Crippen molar-refractivity contribution in [2.45, 2.75) is 0 Å². The second-order valence-electron chi connectivity index (χ2n) is 3.49. The van der Waals surface area contributed by atoms with E-state index in [0.29, 0.717) is 32.0 Å². The molecule has 1 fully saturated rings. The van der Waals surface area contributed by atoms with Crippen molar-refractivity contribution in [3.63, 3.8) is 0 Å². The van der Waals surface area contributed by atoms with Crippen molar-refractivity contribution in [1.82, 2.24) is 14.9 Å². The van der Waals surface area contributed by atoms with E-state index < -0.39 is 6.09 Å². The number of hydrogen-bond acceptors (Lipinski definition) is 5. The molecule has 1 amide bonds. The zero-order chi connectivity index (χ0) is 11.5. The van der Waals surface area contributed by atoms with Crippen LogP contribution in [-0.4, -0.2) is 57.4 Å². The third kappa shape index (κ3) is 1.97. The fraction of sp³-hybridized carbons (Fsp3) is 0.444. The molecule has 7 heteroatoms. The van der Waals surface area contributed by atoms with Gasteiger partial charge in [-0.05, 0) is 0 Å². The molecule has 0 bridgehead atoms. The standard InChI is InChI=1S/C9H12N4O3/c14-7-5-10-6-11-8(7)12-1-3-13(4-2-12)9(15)16/h5-6,14H,1-4H2,(H,15,16). The monoisotopic (exact) mass is 224 g/mol. The summed E-state index contributed by atoms with van der Waals surface area (Å²) in [7, 11) is 0. The summed E-state index contributed by atoms with van der Waals surface area (Å²) in [4.78, 5) is 21.5. The van der Waals surface area contributed by atoms with Crippen LogP contribution in [-0.2, 0) is 0 Å². The second-order valence-corrected chi connectivity index (χ2v) is 3.49. The Morgan fingerprint density at radius 2 is 2.00 bits per heavy atom. The Hall–Kier alpha value is -2.05. The van der Waals surface area contributed by atoms with Gasteiger partial charge in [0.05, 0.1) is 6.20 Å². The molecular weight excluding hydrogens is 212 g/mol. The van der Waals surface area contributed by atoms with Crippen LogP contribution < -0.4 is 4.90 Å². The SMILES string of the molecule is O=C(O)N1CCN(c2ncncc2O)CC1. The van der Waals surface area contributed by atoms with E-state index in [-0.39, 0.29) is 5.75 Å². The molecule has 2 N–H and O–H groups in total. The van der Waals surface area contributed by atoms with Crippen LogP contribution in [0.5, 0.6) is 5.75 Å². The van der Waals surface area contributed by atoms with Gasteiger partial charge in [-0.1, -0.05) is 0 Å². The lowest BCUT2D eigenvalue weighted by Crippen LogP contribution is -2.48. The van der Waals surface area contributed by atoms with Gasteiger partial charge < -0.3 is 20.0 Å². The predicted octanol–water partition coefficient (Wildman–Crippen LogP) is -0.0178. The normalized spacial score (nSPS) is 16.2. The van der Waals surface area contributed by atoms with Crippen LogP contribution in [0.1, 0.15) is 0 Å². The summed E-state index contributed by atoms with van der Waals surface area (Å²) in [5.41, 5.74) is 0. The molecule has 0 saturated carbocycles. The minimum absolute atomic E-state index is 0.0197. The minimum atomic E-state index is -0.911. The van der Waals surface area contributed by atoms with Gasteiger partial charge in [0, 0.05) is 26.2 Å². The maximum atomic E-state index is 10.7. The average molecular weight is 224 g/mol. The van der Waals surface area contributed by atoms with Crippen LogP contribution in [0, 0.1) is 0 Å². The molecule has 2 rings (SSSR count). The molecule has 0 unspecified atom stereocenters. The van der Waals surface area contributed by atoms with Crippen molar-refractivity contribution in [3.8, 4) is 5.75 Å². The number of hydrogen-bond donors (Lipinski definition) is 2. The summed E-state index contributed by atoms with van der Waals surface area (Å²) in [6.45, 7) is 1.88. The van der Waals surface area contributed by atoms with E-state index in [4.69, 9.17) is 5.11 Å². The summed E-state index contributed by atoms with van der Waals surface area (Å²) >= 11 is 0. The Bertz CT molecular complexity index is 390. The van der Waals surface area contributed by atoms with Crippen LogP contribution in [0.2, 0.25) is 0 Å². The molecule has 7 nitrogen and oxygen atoms in total. The van der Waals surface area contributed by atoms with Gasteiger partial charge in [-0.25, -0.2) is 14.8 Å². The average Bonchev–Trinajstić information content (AvgIpc) is 2.30. The smallest absolute Gasteiger partial charge is 0.407 e. The third-order valence-electron chi connectivity index (χ3n) is 2.52. The van der Waals surface area contributed by atoms with Gasteiger partial charge in [0.2, 0.25) is 0 Å². The van der Waals surface area contributed by atoms with Gasteiger partial charge in [0.25, 0.3) is 0 Å². The Labute approximate surface area is 92.0 Å². The van der Waals surface area contributed by atoms with E-state index in [1.165, 1.54) is 17.4 Å². The largest absolute Gasteiger partial charge is 0.503 e. The maximum Gasteiger partial charge on any atom is 0.407 e. The number of aromatic nitrogens is 2. The van der Waals surface area contributed by atoms with Crippen LogP contribution in [0.3, 0.4) is 0 Å². The third-order valence-corrected chi connectivity index (χ3v) is 2.52. The highest BCUT2D eigenvalue weighted by atomic mass is 16.4. The summed E-state index contributed by atoms with van der Waals surface area (Å²) in [5, 5.41) is 18.3. The Morgan fingerprint density at radius 3 is 2.56 bits per heavy atom. The van der Waals surface area contributed by atoms with Crippen molar-refractivity contribution in [2.75, 3.05) is 31.1 Å². The van der Waals surface area contributed by atoms with Crippen LogP contribution in [0.15, 0.2) is 12.5 Å². The van der Waals surface area contributed by atoms with Gasteiger partial charge in [0.1, 0.15) is 6.33 Å². The molecule has 2 heterocycles. The summed E-state index contributed by atoms with van der Waals surface area (Å²) in [6, 6.07) is 0. The summed E-state index contributed by atoms with van der Waals surface area (Å²) < 4.78 is 0. The topological polar surface area (TPSA) is 89.8 Å². The molecule has 86 valence electrons. The highest BCUT2D eigenvalue weighted by Crippen LogP contribution is 2.23. The van der Waals surface area contributed by atoms with Crippen LogP contribution >= 0.6 is 0 Å². The summed E-state index contributed by atoms with van der Waals surface area (Å²) in [6.07, 6.45) is 1.77. The summed E-state index contributed by atoms with van der Waals surface area (Å²) in [5.74, 6) is 0.478. The van der Waals surface area contributed by atoms with E-state index >= 15 is 0 Å². The number of nitrogens with zero attached hydrogens (tertiary/aromatic N) is 4.